The Labute approximate surface area is 151 Å². The predicted molar refractivity (Wildman–Crippen MR) is 97.4 cm³/mol. The van der Waals surface area contributed by atoms with Crippen LogP contribution in [0.2, 0.25) is 5.02 Å². The van der Waals surface area contributed by atoms with Crippen molar-refractivity contribution in [3.63, 3.8) is 0 Å². The zero-order valence-corrected chi connectivity index (χ0v) is 15.1. The number of phenols is 1. The third kappa shape index (κ3) is 4.73. The molecular weight excluding hydrogens is 342 g/mol. The van der Waals surface area contributed by atoms with Gasteiger partial charge in [-0.15, -0.1) is 0 Å². The molecule has 1 amide bonds. The van der Waals surface area contributed by atoms with Gasteiger partial charge in [0.15, 0.2) is 0 Å². The SMILES string of the molecule is COC(=O)c1ccc(NC(=O)c2cc(CC(C)C)ccc2O)c(Cl)c1. The summed E-state index contributed by atoms with van der Waals surface area (Å²) in [6.07, 6.45) is 0.801. The minimum absolute atomic E-state index is 0.104. The molecule has 6 heteroatoms. The van der Waals surface area contributed by atoms with Gasteiger partial charge >= 0.3 is 5.97 Å². The lowest BCUT2D eigenvalue weighted by Crippen LogP contribution is -2.13. The van der Waals surface area contributed by atoms with Crippen molar-refractivity contribution in [1.82, 2.24) is 0 Å². The van der Waals surface area contributed by atoms with Crippen LogP contribution in [0.4, 0.5) is 5.69 Å². The second-order valence-electron chi connectivity index (χ2n) is 6.09. The number of aromatic hydroxyl groups is 1. The number of carbonyl (C=O) groups excluding carboxylic acids is 2. The molecule has 2 rings (SSSR count). The number of hydrogen-bond donors (Lipinski definition) is 2. The number of esters is 1. The first-order chi connectivity index (χ1) is 11.8. The van der Waals surface area contributed by atoms with Gasteiger partial charge in [-0.3, -0.25) is 4.79 Å². The van der Waals surface area contributed by atoms with Crippen molar-refractivity contribution in [3.8, 4) is 5.75 Å². The molecule has 0 heterocycles. The molecule has 0 saturated heterocycles. The number of phenolic OH excluding ortho intramolecular Hbond substituents is 1. The third-order valence-electron chi connectivity index (χ3n) is 3.59. The molecule has 0 atom stereocenters. The Hall–Kier alpha value is -2.53. The Morgan fingerprint density at radius 2 is 1.92 bits per heavy atom. The number of benzene rings is 2. The first-order valence-corrected chi connectivity index (χ1v) is 8.20. The summed E-state index contributed by atoms with van der Waals surface area (Å²) < 4.78 is 4.62. The van der Waals surface area contributed by atoms with Gasteiger partial charge in [-0.05, 0) is 48.2 Å². The van der Waals surface area contributed by atoms with E-state index in [1.165, 1.54) is 31.4 Å². The van der Waals surface area contributed by atoms with Crippen molar-refractivity contribution in [2.24, 2.45) is 5.92 Å². The lowest BCUT2D eigenvalue weighted by atomic mass is 10.00. The average molecular weight is 362 g/mol. The fourth-order valence-electron chi connectivity index (χ4n) is 2.41. The Bertz CT molecular complexity index is 802. The molecular formula is C19H20ClNO4. The number of anilines is 1. The molecule has 0 fully saturated rings. The number of hydrogen-bond acceptors (Lipinski definition) is 4. The molecule has 132 valence electrons. The van der Waals surface area contributed by atoms with Crippen LogP contribution >= 0.6 is 11.6 Å². The average Bonchev–Trinajstić information content (AvgIpc) is 2.57. The van der Waals surface area contributed by atoms with E-state index in [4.69, 9.17) is 11.6 Å². The first-order valence-electron chi connectivity index (χ1n) is 7.83. The first kappa shape index (κ1) is 18.8. The normalized spacial score (nSPS) is 10.6. The smallest absolute Gasteiger partial charge is 0.337 e. The quantitative estimate of drug-likeness (QED) is 0.779. The van der Waals surface area contributed by atoms with Crippen LogP contribution in [0.25, 0.3) is 0 Å². The topological polar surface area (TPSA) is 75.6 Å². The highest BCUT2D eigenvalue weighted by molar-refractivity contribution is 6.34. The zero-order chi connectivity index (χ0) is 18.6. The molecule has 25 heavy (non-hydrogen) atoms. The molecule has 0 aromatic heterocycles. The van der Waals surface area contributed by atoms with Crippen LogP contribution in [-0.2, 0) is 11.2 Å². The van der Waals surface area contributed by atoms with Crippen LogP contribution in [0.3, 0.4) is 0 Å². The Kier molecular flexibility index (Phi) is 6.04. The summed E-state index contributed by atoms with van der Waals surface area (Å²) in [6.45, 7) is 4.16. The second kappa shape index (κ2) is 8.03. The fraction of sp³-hybridized carbons (Fsp3) is 0.263. The highest BCUT2D eigenvalue weighted by Crippen LogP contribution is 2.26. The van der Waals surface area contributed by atoms with E-state index >= 15 is 0 Å². The molecule has 0 spiro atoms. The van der Waals surface area contributed by atoms with Crippen molar-refractivity contribution in [2.45, 2.75) is 20.3 Å². The van der Waals surface area contributed by atoms with Gasteiger partial charge in [-0.25, -0.2) is 4.79 Å². The van der Waals surface area contributed by atoms with Crippen LogP contribution in [-0.4, -0.2) is 24.1 Å². The molecule has 2 aromatic rings. The molecule has 0 aliphatic carbocycles. The summed E-state index contributed by atoms with van der Waals surface area (Å²) in [6, 6.07) is 9.40. The van der Waals surface area contributed by atoms with Crippen molar-refractivity contribution in [1.29, 1.82) is 0 Å². The fourth-order valence-corrected chi connectivity index (χ4v) is 2.64. The minimum Gasteiger partial charge on any atom is -0.507 e. The molecule has 5 nitrogen and oxygen atoms in total. The molecule has 0 saturated carbocycles. The highest BCUT2D eigenvalue weighted by Gasteiger charge is 2.15. The Balaban J connectivity index is 2.23. The number of halogens is 1. The number of carbonyl (C=O) groups is 2. The maximum atomic E-state index is 12.5. The van der Waals surface area contributed by atoms with E-state index in [2.05, 4.69) is 23.9 Å². The van der Waals surface area contributed by atoms with E-state index in [1.807, 2.05) is 0 Å². The van der Waals surface area contributed by atoms with Crippen LogP contribution in [0.5, 0.6) is 5.75 Å². The summed E-state index contributed by atoms with van der Waals surface area (Å²) >= 11 is 6.12. The van der Waals surface area contributed by atoms with Gasteiger partial charge in [-0.1, -0.05) is 31.5 Å². The second-order valence-corrected chi connectivity index (χ2v) is 6.50. The molecule has 0 aliphatic rings. The minimum atomic E-state index is -0.515. The van der Waals surface area contributed by atoms with Crippen LogP contribution in [0.1, 0.15) is 40.1 Å². The Morgan fingerprint density at radius 1 is 1.20 bits per heavy atom. The number of rotatable bonds is 5. The zero-order valence-electron chi connectivity index (χ0n) is 14.3. The van der Waals surface area contributed by atoms with Gasteiger partial charge < -0.3 is 15.2 Å². The van der Waals surface area contributed by atoms with E-state index in [1.54, 1.807) is 12.1 Å². The number of nitrogens with one attached hydrogen (secondary N) is 1. The summed E-state index contributed by atoms with van der Waals surface area (Å²) in [7, 11) is 1.28. The molecule has 0 bridgehead atoms. The predicted octanol–water partition coefficient (Wildman–Crippen LogP) is 4.28. The number of methoxy groups -OCH3 is 1. The molecule has 0 radical (unpaired) electrons. The van der Waals surface area contributed by atoms with Crippen LogP contribution in [0, 0.1) is 5.92 Å². The lowest BCUT2D eigenvalue weighted by molar-refractivity contribution is 0.0600. The van der Waals surface area contributed by atoms with E-state index in [0.29, 0.717) is 11.6 Å². The van der Waals surface area contributed by atoms with Crippen LogP contribution < -0.4 is 5.32 Å². The molecule has 2 N–H and O–H groups in total. The third-order valence-corrected chi connectivity index (χ3v) is 3.90. The Morgan fingerprint density at radius 3 is 2.52 bits per heavy atom. The monoisotopic (exact) mass is 361 g/mol. The highest BCUT2D eigenvalue weighted by atomic mass is 35.5. The van der Waals surface area contributed by atoms with E-state index in [9.17, 15) is 14.7 Å². The summed E-state index contributed by atoms with van der Waals surface area (Å²) in [5, 5.41) is 12.8. The molecule has 0 aliphatic heterocycles. The van der Waals surface area contributed by atoms with Gasteiger partial charge in [0.25, 0.3) is 5.91 Å². The summed E-state index contributed by atoms with van der Waals surface area (Å²) in [5.74, 6) is -0.664. The lowest BCUT2D eigenvalue weighted by Gasteiger charge is -2.11. The van der Waals surface area contributed by atoms with Gasteiger partial charge in [0.1, 0.15) is 5.75 Å². The van der Waals surface area contributed by atoms with Crippen molar-refractivity contribution >= 4 is 29.2 Å². The van der Waals surface area contributed by atoms with E-state index < -0.39 is 11.9 Å². The van der Waals surface area contributed by atoms with Crippen molar-refractivity contribution in [3.05, 3.63) is 58.1 Å². The summed E-state index contributed by atoms with van der Waals surface area (Å²) in [5.41, 5.74) is 1.76. The van der Waals surface area contributed by atoms with Gasteiger partial charge in [-0.2, -0.15) is 0 Å². The molecule has 2 aromatic carbocycles. The van der Waals surface area contributed by atoms with Crippen LogP contribution in [0.15, 0.2) is 36.4 Å². The maximum Gasteiger partial charge on any atom is 0.337 e. The van der Waals surface area contributed by atoms with Crippen molar-refractivity contribution in [2.75, 3.05) is 12.4 Å². The van der Waals surface area contributed by atoms with E-state index in [0.717, 1.165) is 12.0 Å². The maximum absolute atomic E-state index is 12.5. The standard InChI is InChI=1S/C19H20ClNO4/c1-11(2)8-12-4-7-17(22)14(9-12)18(23)21-16-6-5-13(10-15(16)20)19(24)25-3/h4-7,9-11,22H,8H2,1-3H3,(H,21,23). The van der Waals surface area contributed by atoms with Crippen molar-refractivity contribution < 1.29 is 19.4 Å². The van der Waals surface area contributed by atoms with Gasteiger partial charge in [0.05, 0.1) is 28.9 Å². The van der Waals surface area contributed by atoms with E-state index in [-0.39, 0.29) is 21.9 Å². The number of ether oxygens (including phenoxy) is 1. The largest absolute Gasteiger partial charge is 0.507 e. The van der Waals surface area contributed by atoms with Gasteiger partial charge in [0, 0.05) is 0 Å². The van der Waals surface area contributed by atoms with Gasteiger partial charge in [0.2, 0.25) is 0 Å². The summed E-state index contributed by atoms with van der Waals surface area (Å²) in [4.78, 5) is 24.0. The number of amides is 1. The molecule has 0 unspecified atom stereocenters.